The summed E-state index contributed by atoms with van der Waals surface area (Å²) in [5.74, 6) is 0.791. The van der Waals surface area contributed by atoms with Gasteiger partial charge in [-0.25, -0.2) is 4.98 Å². The molecule has 0 atom stereocenters. The quantitative estimate of drug-likeness (QED) is 0.743. The van der Waals surface area contributed by atoms with Crippen LogP contribution in [0.2, 0.25) is 0 Å². The summed E-state index contributed by atoms with van der Waals surface area (Å²) in [4.78, 5) is 17.1. The van der Waals surface area contributed by atoms with E-state index in [1.807, 2.05) is 42.6 Å². The van der Waals surface area contributed by atoms with Gasteiger partial charge in [-0.2, -0.15) is 0 Å². The number of nitrogens with zero attached hydrogens (tertiary/aromatic N) is 2. The predicted octanol–water partition coefficient (Wildman–Crippen LogP) is 3.49. The first-order chi connectivity index (χ1) is 10.6. The topological polar surface area (TPSA) is 44.1 Å². The van der Waals surface area contributed by atoms with Gasteiger partial charge in [0.15, 0.2) is 0 Å². The SMILES string of the molecule is COc1ccc(-c2ccn(C)c(=O)c2-c2nc(C)cs2)cc1. The summed E-state index contributed by atoms with van der Waals surface area (Å²) in [6.07, 6.45) is 1.78. The number of pyridine rings is 1. The number of ether oxygens (including phenoxy) is 1. The second-order valence-electron chi connectivity index (χ2n) is 5.04. The minimum atomic E-state index is -0.0392. The zero-order chi connectivity index (χ0) is 15.7. The van der Waals surface area contributed by atoms with Gasteiger partial charge < -0.3 is 9.30 Å². The van der Waals surface area contributed by atoms with Crippen LogP contribution in [0.25, 0.3) is 21.7 Å². The van der Waals surface area contributed by atoms with Gasteiger partial charge in [-0.1, -0.05) is 12.1 Å². The van der Waals surface area contributed by atoms with Gasteiger partial charge in [-0.15, -0.1) is 11.3 Å². The molecule has 0 aliphatic heterocycles. The molecule has 0 amide bonds. The molecule has 5 heteroatoms. The second-order valence-corrected chi connectivity index (χ2v) is 5.90. The standard InChI is InChI=1S/C17H16N2O2S/c1-11-10-22-16(18-11)15-14(8-9-19(2)17(15)20)12-4-6-13(21-3)7-5-12/h4-10H,1-3H3. The first-order valence-electron chi connectivity index (χ1n) is 6.86. The highest BCUT2D eigenvalue weighted by atomic mass is 32.1. The van der Waals surface area contributed by atoms with Crippen molar-refractivity contribution in [3.05, 3.63) is 58.0 Å². The normalized spacial score (nSPS) is 10.7. The maximum absolute atomic E-state index is 12.6. The van der Waals surface area contributed by atoms with Crippen molar-refractivity contribution in [1.29, 1.82) is 0 Å². The number of hydrogen-bond acceptors (Lipinski definition) is 4. The van der Waals surface area contributed by atoms with Crippen LogP contribution in [-0.2, 0) is 7.05 Å². The van der Waals surface area contributed by atoms with Gasteiger partial charge in [0.1, 0.15) is 10.8 Å². The van der Waals surface area contributed by atoms with E-state index in [0.29, 0.717) is 5.56 Å². The molecule has 3 rings (SSSR count). The van der Waals surface area contributed by atoms with Crippen LogP contribution in [0, 0.1) is 6.92 Å². The molecule has 0 fully saturated rings. The smallest absolute Gasteiger partial charge is 0.261 e. The van der Waals surface area contributed by atoms with E-state index in [4.69, 9.17) is 4.74 Å². The Morgan fingerprint density at radius 3 is 2.50 bits per heavy atom. The van der Waals surface area contributed by atoms with Crippen molar-refractivity contribution in [2.24, 2.45) is 7.05 Å². The van der Waals surface area contributed by atoms with E-state index in [1.54, 1.807) is 24.9 Å². The molecule has 0 spiro atoms. The summed E-state index contributed by atoms with van der Waals surface area (Å²) >= 11 is 1.49. The van der Waals surface area contributed by atoms with Gasteiger partial charge in [0.05, 0.1) is 12.7 Å². The van der Waals surface area contributed by atoms with Crippen molar-refractivity contribution >= 4 is 11.3 Å². The van der Waals surface area contributed by atoms with Gasteiger partial charge in [-0.3, -0.25) is 4.79 Å². The largest absolute Gasteiger partial charge is 0.497 e. The lowest BCUT2D eigenvalue weighted by Gasteiger charge is -2.10. The van der Waals surface area contributed by atoms with Gasteiger partial charge in [0.2, 0.25) is 0 Å². The molecule has 3 aromatic rings. The van der Waals surface area contributed by atoms with Crippen molar-refractivity contribution in [2.75, 3.05) is 7.11 Å². The van der Waals surface area contributed by atoms with E-state index in [2.05, 4.69) is 4.98 Å². The summed E-state index contributed by atoms with van der Waals surface area (Å²) < 4.78 is 6.77. The van der Waals surface area contributed by atoms with Crippen LogP contribution in [0.15, 0.2) is 46.7 Å². The lowest BCUT2D eigenvalue weighted by molar-refractivity contribution is 0.415. The highest BCUT2D eigenvalue weighted by molar-refractivity contribution is 7.13. The fraction of sp³-hybridized carbons (Fsp3) is 0.176. The molecule has 0 N–H and O–H groups in total. The number of methoxy groups -OCH3 is 1. The minimum Gasteiger partial charge on any atom is -0.497 e. The summed E-state index contributed by atoms with van der Waals surface area (Å²) in [7, 11) is 3.39. The molecule has 0 saturated carbocycles. The minimum absolute atomic E-state index is 0.0392. The lowest BCUT2D eigenvalue weighted by Crippen LogP contribution is -2.18. The Morgan fingerprint density at radius 2 is 1.91 bits per heavy atom. The predicted molar refractivity (Wildman–Crippen MR) is 89.5 cm³/mol. The van der Waals surface area contributed by atoms with E-state index >= 15 is 0 Å². The van der Waals surface area contributed by atoms with Crippen LogP contribution in [-0.4, -0.2) is 16.7 Å². The Morgan fingerprint density at radius 1 is 1.18 bits per heavy atom. The van der Waals surface area contributed by atoms with Crippen molar-refractivity contribution in [1.82, 2.24) is 9.55 Å². The monoisotopic (exact) mass is 312 g/mol. The third-order valence-electron chi connectivity index (χ3n) is 3.50. The summed E-state index contributed by atoms with van der Waals surface area (Å²) in [6, 6.07) is 9.65. The second kappa shape index (κ2) is 5.77. The number of hydrogen-bond donors (Lipinski definition) is 0. The first-order valence-corrected chi connectivity index (χ1v) is 7.74. The Bertz CT molecular complexity index is 863. The van der Waals surface area contributed by atoms with Crippen LogP contribution in [0.1, 0.15) is 5.69 Å². The Kier molecular flexibility index (Phi) is 3.81. The average molecular weight is 312 g/mol. The maximum Gasteiger partial charge on any atom is 0.261 e. The Labute approximate surface area is 132 Å². The van der Waals surface area contributed by atoms with Crippen LogP contribution >= 0.6 is 11.3 Å². The molecule has 0 unspecified atom stereocenters. The number of benzene rings is 1. The summed E-state index contributed by atoms with van der Waals surface area (Å²) in [5.41, 5.74) is 3.39. The molecular weight excluding hydrogens is 296 g/mol. The maximum atomic E-state index is 12.6. The number of aryl methyl sites for hydroxylation is 2. The Hall–Kier alpha value is -2.40. The van der Waals surface area contributed by atoms with Crippen molar-refractivity contribution in [2.45, 2.75) is 6.92 Å². The molecule has 22 heavy (non-hydrogen) atoms. The van der Waals surface area contributed by atoms with E-state index in [1.165, 1.54) is 11.3 Å². The lowest BCUT2D eigenvalue weighted by atomic mass is 10.0. The molecule has 112 valence electrons. The zero-order valence-electron chi connectivity index (χ0n) is 12.7. The molecular formula is C17H16N2O2S. The van der Waals surface area contributed by atoms with E-state index < -0.39 is 0 Å². The molecule has 2 heterocycles. The molecule has 2 aromatic heterocycles. The van der Waals surface area contributed by atoms with Crippen LogP contribution in [0.4, 0.5) is 0 Å². The third kappa shape index (κ3) is 2.55. The Balaban J connectivity index is 2.23. The van der Waals surface area contributed by atoms with Crippen molar-refractivity contribution in [3.8, 4) is 27.4 Å². The van der Waals surface area contributed by atoms with Crippen LogP contribution in [0.5, 0.6) is 5.75 Å². The average Bonchev–Trinajstić information content (AvgIpc) is 2.96. The molecule has 1 aromatic carbocycles. The third-order valence-corrected chi connectivity index (χ3v) is 4.48. The van der Waals surface area contributed by atoms with E-state index in [0.717, 1.165) is 27.6 Å². The highest BCUT2D eigenvalue weighted by Crippen LogP contribution is 2.31. The number of thiazole rings is 1. The molecule has 0 radical (unpaired) electrons. The summed E-state index contributed by atoms with van der Waals surface area (Å²) in [5, 5.41) is 2.71. The molecule has 4 nitrogen and oxygen atoms in total. The van der Waals surface area contributed by atoms with E-state index in [9.17, 15) is 4.79 Å². The fourth-order valence-electron chi connectivity index (χ4n) is 2.32. The van der Waals surface area contributed by atoms with Gasteiger partial charge in [0, 0.05) is 24.3 Å². The molecule has 0 saturated heterocycles. The van der Waals surface area contributed by atoms with Crippen LogP contribution in [0.3, 0.4) is 0 Å². The molecule has 0 aliphatic carbocycles. The van der Waals surface area contributed by atoms with Gasteiger partial charge >= 0.3 is 0 Å². The fourth-order valence-corrected chi connectivity index (χ4v) is 3.16. The van der Waals surface area contributed by atoms with Gasteiger partial charge in [-0.05, 0) is 36.2 Å². The number of aromatic nitrogens is 2. The first kappa shape index (κ1) is 14.5. The van der Waals surface area contributed by atoms with Crippen molar-refractivity contribution in [3.63, 3.8) is 0 Å². The zero-order valence-corrected chi connectivity index (χ0v) is 13.5. The highest BCUT2D eigenvalue weighted by Gasteiger charge is 2.15. The van der Waals surface area contributed by atoms with Crippen LogP contribution < -0.4 is 10.3 Å². The van der Waals surface area contributed by atoms with Crippen molar-refractivity contribution < 1.29 is 4.74 Å². The number of rotatable bonds is 3. The van der Waals surface area contributed by atoms with Gasteiger partial charge in [0.25, 0.3) is 5.56 Å². The van der Waals surface area contributed by atoms with E-state index in [-0.39, 0.29) is 5.56 Å². The molecule has 0 bridgehead atoms. The molecule has 0 aliphatic rings. The summed E-state index contributed by atoms with van der Waals surface area (Å²) in [6.45, 7) is 1.93.